The Morgan fingerprint density at radius 1 is 1.15 bits per heavy atom. The second-order valence-electron chi connectivity index (χ2n) is 6.03. The van der Waals surface area contributed by atoms with Crippen molar-refractivity contribution in [2.45, 2.75) is 6.54 Å². The Labute approximate surface area is 159 Å². The quantitative estimate of drug-likeness (QED) is 0.696. The van der Waals surface area contributed by atoms with Crippen LogP contribution >= 0.6 is 23.1 Å². The highest BCUT2D eigenvalue weighted by molar-refractivity contribution is 8.00. The maximum absolute atomic E-state index is 12.3. The Balaban J connectivity index is 1.58. The highest BCUT2D eigenvalue weighted by Crippen LogP contribution is 2.19. The van der Waals surface area contributed by atoms with Crippen LogP contribution in [0.25, 0.3) is 10.8 Å². The Morgan fingerprint density at radius 2 is 2.00 bits per heavy atom. The van der Waals surface area contributed by atoms with Gasteiger partial charge in [0.15, 0.2) is 4.80 Å². The topological polar surface area (TPSA) is 54.7 Å². The molecule has 2 heterocycles. The predicted molar refractivity (Wildman–Crippen MR) is 105 cm³/mol. The predicted octanol–water partition coefficient (Wildman–Crippen LogP) is 2.71. The second-order valence-corrected chi connectivity index (χ2v) is 7.85. The van der Waals surface area contributed by atoms with Crippen molar-refractivity contribution >= 4 is 45.7 Å². The Hall–Kier alpha value is -2.38. The molecule has 26 heavy (non-hydrogen) atoms. The molecule has 0 unspecified atom stereocenters. The van der Waals surface area contributed by atoms with Crippen LogP contribution in [0.2, 0.25) is 0 Å². The lowest BCUT2D eigenvalue weighted by atomic mass is 10.0. The van der Waals surface area contributed by atoms with E-state index in [0.717, 1.165) is 0 Å². The molecule has 7 heteroatoms. The number of thioether (sulfide) groups is 1. The van der Waals surface area contributed by atoms with Crippen molar-refractivity contribution in [3.63, 3.8) is 0 Å². The molecule has 2 aromatic carbocycles. The van der Waals surface area contributed by atoms with Gasteiger partial charge >= 0.3 is 0 Å². The lowest BCUT2D eigenvalue weighted by Crippen LogP contribution is -2.31. The third-order valence-corrected chi connectivity index (χ3v) is 5.99. The summed E-state index contributed by atoms with van der Waals surface area (Å²) in [6.45, 7) is 0.702. The van der Waals surface area contributed by atoms with Gasteiger partial charge in [-0.15, -0.1) is 23.1 Å². The monoisotopic (exact) mass is 383 g/mol. The van der Waals surface area contributed by atoms with Crippen molar-refractivity contribution in [1.29, 1.82) is 0 Å². The van der Waals surface area contributed by atoms with Gasteiger partial charge in [0.25, 0.3) is 5.91 Å². The standard InChI is InChI=1S/C19H17N3O2S2/c23-17(11-22-13-25-12-18(22)24)20-19-21(8-9-26-19)10-15-6-3-5-14-4-1-2-7-16(14)15/h1-9H,10-13H2. The Kier molecular flexibility index (Phi) is 4.90. The maximum atomic E-state index is 12.3. The van der Waals surface area contributed by atoms with Crippen molar-refractivity contribution in [2.24, 2.45) is 4.99 Å². The lowest BCUT2D eigenvalue weighted by molar-refractivity contribution is -0.131. The zero-order valence-electron chi connectivity index (χ0n) is 14.0. The van der Waals surface area contributed by atoms with Crippen LogP contribution in [0.5, 0.6) is 0 Å². The number of aromatic nitrogens is 1. The third kappa shape index (κ3) is 3.59. The summed E-state index contributed by atoms with van der Waals surface area (Å²) in [5, 5.41) is 4.32. The van der Waals surface area contributed by atoms with Gasteiger partial charge < -0.3 is 9.47 Å². The minimum atomic E-state index is -0.282. The van der Waals surface area contributed by atoms with Gasteiger partial charge in [-0.25, -0.2) is 0 Å². The number of benzene rings is 2. The average molecular weight is 383 g/mol. The maximum Gasteiger partial charge on any atom is 0.267 e. The summed E-state index contributed by atoms with van der Waals surface area (Å²) in [5.41, 5.74) is 1.18. The Morgan fingerprint density at radius 3 is 2.85 bits per heavy atom. The first-order valence-electron chi connectivity index (χ1n) is 8.24. The third-order valence-electron chi connectivity index (χ3n) is 4.25. The van der Waals surface area contributed by atoms with E-state index in [1.807, 2.05) is 34.3 Å². The number of hydrogen-bond acceptors (Lipinski definition) is 4. The fourth-order valence-corrected chi connectivity index (χ4v) is 4.62. The highest BCUT2D eigenvalue weighted by atomic mass is 32.2. The van der Waals surface area contributed by atoms with E-state index >= 15 is 0 Å². The summed E-state index contributed by atoms with van der Waals surface area (Å²) >= 11 is 2.95. The van der Waals surface area contributed by atoms with Gasteiger partial charge in [-0.1, -0.05) is 42.5 Å². The normalized spacial score (nSPS) is 15.2. The van der Waals surface area contributed by atoms with Crippen LogP contribution in [0.15, 0.2) is 59.0 Å². The number of hydrogen-bond donors (Lipinski definition) is 0. The minimum Gasteiger partial charge on any atom is -0.323 e. The van der Waals surface area contributed by atoms with Crippen LogP contribution in [0.4, 0.5) is 0 Å². The molecule has 3 aromatic rings. The van der Waals surface area contributed by atoms with E-state index in [9.17, 15) is 9.59 Å². The van der Waals surface area contributed by atoms with Crippen LogP contribution in [0.1, 0.15) is 5.56 Å². The SMILES string of the molecule is O=C(CN1CSCC1=O)N=c1sccn1Cc1cccc2ccccc12. The number of fused-ring (bicyclic) bond motifs is 1. The molecule has 0 bridgehead atoms. The van der Waals surface area contributed by atoms with E-state index in [1.54, 1.807) is 4.90 Å². The first-order valence-corrected chi connectivity index (χ1v) is 10.3. The molecule has 1 aromatic heterocycles. The number of carbonyl (C=O) groups excluding carboxylic acids is 2. The molecular formula is C19H17N3O2S2. The molecule has 1 aliphatic rings. The zero-order valence-corrected chi connectivity index (χ0v) is 15.6. The molecule has 0 atom stereocenters. The molecule has 0 saturated carbocycles. The molecule has 2 amide bonds. The van der Waals surface area contributed by atoms with Crippen molar-refractivity contribution in [1.82, 2.24) is 9.47 Å². The van der Waals surface area contributed by atoms with Crippen LogP contribution in [0.3, 0.4) is 0 Å². The van der Waals surface area contributed by atoms with Gasteiger partial charge in [-0.2, -0.15) is 4.99 Å². The van der Waals surface area contributed by atoms with E-state index in [4.69, 9.17) is 0 Å². The number of nitrogens with zero attached hydrogens (tertiary/aromatic N) is 3. The zero-order chi connectivity index (χ0) is 17.9. The summed E-state index contributed by atoms with van der Waals surface area (Å²) in [6.07, 6.45) is 1.94. The van der Waals surface area contributed by atoms with E-state index in [0.29, 0.717) is 23.0 Å². The molecule has 0 aliphatic carbocycles. The fraction of sp³-hybridized carbons (Fsp3) is 0.211. The number of thiazole rings is 1. The molecule has 5 nitrogen and oxygen atoms in total. The Bertz CT molecular complexity index is 1030. The first-order chi connectivity index (χ1) is 12.7. The van der Waals surface area contributed by atoms with Crippen molar-refractivity contribution in [2.75, 3.05) is 18.2 Å². The molecule has 1 saturated heterocycles. The van der Waals surface area contributed by atoms with E-state index in [1.165, 1.54) is 39.4 Å². The molecule has 0 radical (unpaired) electrons. The van der Waals surface area contributed by atoms with Crippen LogP contribution in [0, 0.1) is 0 Å². The van der Waals surface area contributed by atoms with Gasteiger partial charge in [0.1, 0.15) is 6.54 Å². The summed E-state index contributed by atoms with van der Waals surface area (Å²) in [6, 6.07) is 14.5. The van der Waals surface area contributed by atoms with Gasteiger partial charge in [-0.3, -0.25) is 9.59 Å². The molecule has 0 spiro atoms. The van der Waals surface area contributed by atoms with Gasteiger partial charge in [0.2, 0.25) is 5.91 Å². The van der Waals surface area contributed by atoms with E-state index < -0.39 is 0 Å². The summed E-state index contributed by atoms with van der Waals surface area (Å²) < 4.78 is 1.98. The number of carbonyl (C=O) groups is 2. The minimum absolute atomic E-state index is 0.00774. The number of rotatable bonds is 4. The van der Waals surface area contributed by atoms with Crippen molar-refractivity contribution in [3.8, 4) is 0 Å². The summed E-state index contributed by atoms with van der Waals surface area (Å²) in [5.74, 6) is 0.747. The fourth-order valence-electron chi connectivity index (χ4n) is 2.97. The van der Waals surface area contributed by atoms with Crippen LogP contribution in [-0.2, 0) is 16.1 Å². The van der Waals surface area contributed by atoms with Crippen molar-refractivity contribution < 1.29 is 9.59 Å². The van der Waals surface area contributed by atoms with Gasteiger partial charge in [0.05, 0.1) is 18.2 Å². The molecule has 0 N–H and O–H groups in total. The van der Waals surface area contributed by atoms with E-state index in [2.05, 4.69) is 29.3 Å². The average Bonchev–Trinajstić information content (AvgIpc) is 3.25. The molecule has 132 valence electrons. The largest absolute Gasteiger partial charge is 0.323 e. The van der Waals surface area contributed by atoms with Crippen LogP contribution < -0.4 is 4.80 Å². The van der Waals surface area contributed by atoms with E-state index in [-0.39, 0.29) is 18.4 Å². The van der Waals surface area contributed by atoms with Gasteiger partial charge in [-0.05, 0) is 16.3 Å². The number of amides is 2. The van der Waals surface area contributed by atoms with Crippen LogP contribution in [-0.4, -0.2) is 39.5 Å². The second kappa shape index (κ2) is 7.47. The first kappa shape index (κ1) is 17.1. The molecule has 1 fully saturated rings. The van der Waals surface area contributed by atoms with Gasteiger partial charge in [0, 0.05) is 11.6 Å². The van der Waals surface area contributed by atoms with Crippen molar-refractivity contribution in [3.05, 3.63) is 64.4 Å². The molecule has 4 rings (SSSR count). The molecular weight excluding hydrogens is 366 g/mol. The molecule has 1 aliphatic heterocycles. The summed E-state index contributed by atoms with van der Waals surface area (Å²) in [4.78, 5) is 30.3. The summed E-state index contributed by atoms with van der Waals surface area (Å²) in [7, 11) is 0. The lowest BCUT2D eigenvalue weighted by Gasteiger charge is -2.11. The highest BCUT2D eigenvalue weighted by Gasteiger charge is 2.22. The smallest absolute Gasteiger partial charge is 0.267 e.